The number of fused-ring (bicyclic) bond motifs is 1. The fraction of sp³-hybridized carbons (Fsp3) is 0.444. The predicted octanol–water partition coefficient (Wildman–Crippen LogP) is 0.782. The van der Waals surface area contributed by atoms with E-state index in [9.17, 15) is 4.39 Å². The van der Waals surface area contributed by atoms with Crippen LogP contribution in [0.3, 0.4) is 0 Å². The first-order valence-corrected chi connectivity index (χ1v) is 5.38. The molecule has 3 N–H and O–H groups in total. The molecule has 2 aromatic heterocycles. The van der Waals surface area contributed by atoms with Gasteiger partial charge in [0.15, 0.2) is 10.8 Å². The molecule has 1 unspecified atom stereocenters. The van der Waals surface area contributed by atoms with E-state index in [1.54, 1.807) is 4.57 Å². The van der Waals surface area contributed by atoms with Crippen molar-refractivity contribution in [3.8, 4) is 0 Å². The molecule has 6 nitrogen and oxygen atoms in total. The Morgan fingerprint density at radius 3 is 3.00 bits per heavy atom. The summed E-state index contributed by atoms with van der Waals surface area (Å²) in [6.45, 7) is -0.158. The number of rotatable bonds is 4. The lowest BCUT2D eigenvalue weighted by Crippen LogP contribution is -2.10. The van der Waals surface area contributed by atoms with Crippen LogP contribution in [0.4, 0.5) is 10.3 Å². The first kappa shape index (κ1) is 12.0. The Bertz CT molecular complexity index is 531. The standard InChI is InChI=1S/C9H11ClFN5O/c10-7-6-8(15-9(12)14-7)13-4-16(6)2-1-5(11)3-17/h4-5,17H,1-3H2,(H2,12,14,15). The van der Waals surface area contributed by atoms with Gasteiger partial charge in [-0.15, -0.1) is 0 Å². The summed E-state index contributed by atoms with van der Waals surface area (Å²) >= 11 is 5.92. The number of aryl methyl sites for hydroxylation is 1. The molecule has 0 radical (unpaired) electrons. The Balaban J connectivity index is 2.29. The molecule has 0 fully saturated rings. The van der Waals surface area contributed by atoms with Gasteiger partial charge in [-0.25, -0.2) is 9.37 Å². The molecule has 0 bridgehead atoms. The Labute approximate surface area is 101 Å². The second-order valence-electron chi connectivity index (χ2n) is 3.55. The largest absolute Gasteiger partial charge is 0.393 e. The molecule has 0 spiro atoms. The van der Waals surface area contributed by atoms with E-state index >= 15 is 0 Å². The third-order valence-electron chi connectivity index (χ3n) is 2.33. The highest BCUT2D eigenvalue weighted by Crippen LogP contribution is 2.20. The fourth-order valence-corrected chi connectivity index (χ4v) is 1.77. The number of nitrogen functional groups attached to an aromatic ring is 1. The van der Waals surface area contributed by atoms with Crippen LogP contribution in [-0.2, 0) is 6.54 Å². The van der Waals surface area contributed by atoms with Crippen molar-refractivity contribution in [3.63, 3.8) is 0 Å². The van der Waals surface area contributed by atoms with Crippen LogP contribution in [0.2, 0.25) is 5.15 Å². The molecular weight excluding hydrogens is 249 g/mol. The number of imidazole rings is 1. The molecule has 2 heterocycles. The highest BCUT2D eigenvalue weighted by Gasteiger charge is 2.12. The van der Waals surface area contributed by atoms with Crippen LogP contribution in [-0.4, -0.2) is 37.4 Å². The minimum Gasteiger partial charge on any atom is -0.393 e. The lowest BCUT2D eigenvalue weighted by atomic mass is 10.3. The maximum atomic E-state index is 12.9. The fourth-order valence-electron chi connectivity index (χ4n) is 1.49. The number of alkyl halides is 1. The summed E-state index contributed by atoms with van der Waals surface area (Å²) in [7, 11) is 0. The van der Waals surface area contributed by atoms with Crippen molar-refractivity contribution >= 4 is 28.7 Å². The van der Waals surface area contributed by atoms with Gasteiger partial charge >= 0.3 is 0 Å². The molecule has 0 aliphatic heterocycles. The Morgan fingerprint density at radius 2 is 2.29 bits per heavy atom. The van der Waals surface area contributed by atoms with E-state index in [0.29, 0.717) is 17.7 Å². The summed E-state index contributed by atoms with van der Waals surface area (Å²) in [4.78, 5) is 11.7. The zero-order valence-corrected chi connectivity index (χ0v) is 9.60. The van der Waals surface area contributed by atoms with Crippen molar-refractivity contribution in [2.24, 2.45) is 0 Å². The van der Waals surface area contributed by atoms with Crippen LogP contribution in [0, 0.1) is 0 Å². The van der Waals surface area contributed by atoms with Crippen molar-refractivity contribution in [2.75, 3.05) is 12.3 Å². The summed E-state index contributed by atoms with van der Waals surface area (Å²) in [6, 6.07) is 0. The Kier molecular flexibility index (Phi) is 3.39. The van der Waals surface area contributed by atoms with E-state index in [-0.39, 0.29) is 17.5 Å². The normalized spacial score (nSPS) is 13.1. The number of hydrogen-bond acceptors (Lipinski definition) is 5. The van der Waals surface area contributed by atoms with Gasteiger partial charge in [-0.05, 0) is 6.42 Å². The molecule has 1 atom stereocenters. The molecule has 2 rings (SSSR count). The molecule has 0 saturated carbocycles. The number of nitrogens with two attached hydrogens (primary N) is 1. The predicted molar refractivity (Wildman–Crippen MR) is 61.3 cm³/mol. The smallest absolute Gasteiger partial charge is 0.223 e. The SMILES string of the molecule is Nc1nc(Cl)c2c(ncn2CCC(F)CO)n1. The van der Waals surface area contributed by atoms with Gasteiger partial charge in [-0.2, -0.15) is 9.97 Å². The average molecular weight is 260 g/mol. The van der Waals surface area contributed by atoms with Crippen LogP contribution in [0.25, 0.3) is 11.2 Å². The van der Waals surface area contributed by atoms with Gasteiger partial charge in [0, 0.05) is 6.54 Å². The summed E-state index contributed by atoms with van der Waals surface area (Å²) in [5.74, 6) is 0.0477. The zero-order chi connectivity index (χ0) is 12.4. The van der Waals surface area contributed by atoms with Gasteiger partial charge in [0.2, 0.25) is 5.95 Å². The second-order valence-corrected chi connectivity index (χ2v) is 3.91. The molecule has 8 heteroatoms. The van der Waals surface area contributed by atoms with Gasteiger partial charge in [0.1, 0.15) is 11.7 Å². The van der Waals surface area contributed by atoms with Crippen molar-refractivity contribution in [1.29, 1.82) is 0 Å². The van der Waals surface area contributed by atoms with E-state index in [2.05, 4.69) is 15.0 Å². The topological polar surface area (TPSA) is 89.8 Å². The van der Waals surface area contributed by atoms with Crippen LogP contribution in [0.1, 0.15) is 6.42 Å². The maximum absolute atomic E-state index is 12.9. The van der Waals surface area contributed by atoms with Gasteiger partial charge in [-0.3, -0.25) is 0 Å². The third-order valence-corrected chi connectivity index (χ3v) is 2.59. The number of aliphatic hydroxyl groups is 1. The lowest BCUT2D eigenvalue weighted by molar-refractivity contribution is 0.166. The van der Waals surface area contributed by atoms with Crippen molar-refractivity contribution in [3.05, 3.63) is 11.5 Å². The van der Waals surface area contributed by atoms with Gasteiger partial charge in [-0.1, -0.05) is 11.6 Å². The lowest BCUT2D eigenvalue weighted by Gasteiger charge is -2.06. The summed E-state index contributed by atoms with van der Waals surface area (Å²) in [6.07, 6.45) is 0.401. The van der Waals surface area contributed by atoms with E-state index < -0.39 is 12.8 Å². The van der Waals surface area contributed by atoms with E-state index in [0.717, 1.165) is 0 Å². The van der Waals surface area contributed by atoms with Crippen molar-refractivity contribution in [2.45, 2.75) is 19.1 Å². The summed E-state index contributed by atoms with van der Waals surface area (Å²) in [5.41, 5.74) is 6.32. The first-order chi connectivity index (χ1) is 8.11. The summed E-state index contributed by atoms with van der Waals surface area (Å²) < 4.78 is 14.6. The maximum Gasteiger partial charge on any atom is 0.223 e. The van der Waals surface area contributed by atoms with Crippen LogP contribution >= 0.6 is 11.6 Å². The Morgan fingerprint density at radius 1 is 1.53 bits per heavy atom. The number of aromatic nitrogens is 4. The van der Waals surface area contributed by atoms with Crippen molar-refractivity contribution < 1.29 is 9.50 Å². The van der Waals surface area contributed by atoms with Gasteiger partial charge < -0.3 is 15.4 Å². The minimum absolute atomic E-state index is 0.0477. The van der Waals surface area contributed by atoms with E-state index in [4.69, 9.17) is 22.4 Å². The molecule has 0 amide bonds. The molecule has 92 valence electrons. The number of hydrogen-bond donors (Lipinski definition) is 2. The molecule has 0 aliphatic carbocycles. The van der Waals surface area contributed by atoms with Crippen molar-refractivity contribution in [1.82, 2.24) is 19.5 Å². The first-order valence-electron chi connectivity index (χ1n) is 5.00. The molecule has 0 aromatic carbocycles. The highest BCUT2D eigenvalue weighted by molar-refractivity contribution is 6.33. The quantitative estimate of drug-likeness (QED) is 0.792. The van der Waals surface area contributed by atoms with Gasteiger partial charge in [0.05, 0.1) is 12.9 Å². The Hall–Kier alpha value is -1.47. The number of nitrogens with zero attached hydrogens (tertiary/aromatic N) is 4. The van der Waals surface area contributed by atoms with Gasteiger partial charge in [0.25, 0.3) is 0 Å². The van der Waals surface area contributed by atoms with Crippen LogP contribution in [0.5, 0.6) is 0 Å². The molecular formula is C9H11ClFN5O. The monoisotopic (exact) mass is 259 g/mol. The van der Waals surface area contributed by atoms with Crippen LogP contribution in [0.15, 0.2) is 6.33 Å². The number of halogens is 2. The minimum atomic E-state index is -1.26. The second kappa shape index (κ2) is 4.80. The number of anilines is 1. The van der Waals surface area contributed by atoms with E-state index in [1.807, 2.05) is 0 Å². The molecule has 0 aliphatic rings. The average Bonchev–Trinajstić information content (AvgIpc) is 2.69. The van der Waals surface area contributed by atoms with Crippen LogP contribution < -0.4 is 5.73 Å². The highest BCUT2D eigenvalue weighted by atomic mass is 35.5. The van der Waals surface area contributed by atoms with E-state index in [1.165, 1.54) is 6.33 Å². The molecule has 2 aromatic rings. The third kappa shape index (κ3) is 2.45. The molecule has 17 heavy (non-hydrogen) atoms. The molecule has 0 saturated heterocycles. The number of aliphatic hydroxyl groups excluding tert-OH is 1. The summed E-state index contributed by atoms with van der Waals surface area (Å²) in [5, 5.41) is 8.79. The zero-order valence-electron chi connectivity index (χ0n) is 8.85.